The molecule has 0 radical (unpaired) electrons. The van der Waals surface area contributed by atoms with Crippen molar-refractivity contribution in [2.45, 2.75) is 51.7 Å². The number of carbonyl (C=O) groups is 2. The number of fused-ring (bicyclic) bond motifs is 1. The number of rotatable bonds is 10. The van der Waals surface area contributed by atoms with E-state index in [9.17, 15) is 9.59 Å². The van der Waals surface area contributed by atoms with Gasteiger partial charge in [-0.1, -0.05) is 60.7 Å². The van der Waals surface area contributed by atoms with Crippen molar-refractivity contribution in [1.82, 2.24) is 25.2 Å². The first-order chi connectivity index (χ1) is 16.9. The van der Waals surface area contributed by atoms with Crippen molar-refractivity contribution in [3.05, 3.63) is 82.6 Å². The summed E-state index contributed by atoms with van der Waals surface area (Å²) in [5.74, 6) is -0.358. The maximum atomic E-state index is 13.8. The summed E-state index contributed by atoms with van der Waals surface area (Å²) in [6.45, 7) is 6.43. The Morgan fingerprint density at radius 1 is 1.06 bits per heavy atom. The van der Waals surface area contributed by atoms with Crippen LogP contribution in [0.25, 0.3) is 11.0 Å². The fraction of sp³-hybridized carbons (Fsp3) is 0.333. The molecule has 0 fully saturated rings. The van der Waals surface area contributed by atoms with Gasteiger partial charge >= 0.3 is 0 Å². The topological polar surface area (TPSA) is 80.1 Å². The SMILES string of the molecule is CCC(C)(C)NC(=O)[C@H](c1cccs1)N(CCc1ccccc1)C(=O)Cn1nnc2ccccc21. The van der Waals surface area contributed by atoms with Crippen molar-refractivity contribution < 1.29 is 9.59 Å². The van der Waals surface area contributed by atoms with E-state index >= 15 is 0 Å². The Hall–Kier alpha value is -3.52. The lowest BCUT2D eigenvalue weighted by Crippen LogP contribution is -2.51. The Morgan fingerprint density at radius 2 is 1.80 bits per heavy atom. The number of hydrogen-bond donors (Lipinski definition) is 1. The summed E-state index contributed by atoms with van der Waals surface area (Å²) in [6, 6.07) is 20.7. The number of benzene rings is 2. The minimum Gasteiger partial charge on any atom is -0.349 e. The van der Waals surface area contributed by atoms with E-state index in [4.69, 9.17) is 0 Å². The highest BCUT2D eigenvalue weighted by molar-refractivity contribution is 7.10. The maximum absolute atomic E-state index is 13.8. The van der Waals surface area contributed by atoms with Gasteiger partial charge in [0.2, 0.25) is 11.8 Å². The lowest BCUT2D eigenvalue weighted by molar-refractivity contribution is -0.142. The summed E-state index contributed by atoms with van der Waals surface area (Å²) in [5.41, 5.74) is 2.24. The number of nitrogens with zero attached hydrogens (tertiary/aromatic N) is 4. The van der Waals surface area contributed by atoms with Crippen LogP contribution in [0.4, 0.5) is 0 Å². The standard InChI is InChI=1S/C27H31N5O2S/c1-4-27(2,3)28-26(34)25(23-15-10-18-35-23)31(17-16-20-11-6-5-7-12-20)24(33)19-32-22-14-9-8-13-21(22)29-30-32/h5-15,18,25H,4,16-17,19H2,1-3H3,(H,28,34)/t25-/m0/s1. The number of hydrogen-bond acceptors (Lipinski definition) is 5. The third-order valence-corrected chi connectivity index (χ3v) is 7.15. The third kappa shape index (κ3) is 5.95. The molecule has 2 amide bonds. The molecule has 35 heavy (non-hydrogen) atoms. The van der Waals surface area contributed by atoms with E-state index in [1.807, 2.05) is 92.9 Å². The van der Waals surface area contributed by atoms with Gasteiger partial charge in [-0.15, -0.1) is 16.4 Å². The number of para-hydroxylation sites is 1. The third-order valence-electron chi connectivity index (χ3n) is 6.23. The summed E-state index contributed by atoms with van der Waals surface area (Å²) >= 11 is 1.48. The first-order valence-corrected chi connectivity index (χ1v) is 12.7. The molecule has 0 aliphatic heterocycles. The van der Waals surface area contributed by atoms with Crippen LogP contribution in [0.15, 0.2) is 72.1 Å². The van der Waals surface area contributed by atoms with E-state index in [2.05, 4.69) is 15.6 Å². The molecule has 0 aliphatic carbocycles. The van der Waals surface area contributed by atoms with Gasteiger partial charge < -0.3 is 10.2 Å². The van der Waals surface area contributed by atoms with E-state index in [0.29, 0.717) is 13.0 Å². The van der Waals surface area contributed by atoms with Gasteiger partial charge in [0.05, 0.1) is 5.52 Å². The molecule has 0 unspecified atom stereocenters. The van der Waals surface area contributed by atoms with Crippen molar-refractivity contribution in [2.75, 3.05) is 6.54 Å². The highest BCUT2D eigenvalue weighted by Gasteiger charge is 2.34. The van der Waals surface area contributed by atoms with E-state index in [0.717, 1.165) is 27.9 Å². The van der Waals surface area contributed by atoms with Gasteiger partial charge in [0.25, 0.3) is 0 Å². The first kappa shape index (κ1) is 24.6. The molecule has 2 aromatic heterocycles. The minimum absolute atomic E-state index is 0.00162. The molecule has 7 nitrogen and oxygen atoms in total. The van der Waals surface area contributed by atoms with Crippen LogP contribution in [0.5, 0.6) is 0 Å². The maximum Gasteiger partial charge on any atom is 0.248 e. The Morgan fingerprint density at radius 3 is 2.51 bits per heavy atom. The molecule has 0 spiro atoms. The van der Waals surface area contributed by atoms with Crippen LogP contribution in [-0.4, -0.2) is 43.8 Å². The zero-order chi connectivity index (χ0) is 24.8. The van der Waals surface area contributed by atoms with Crippen LogP contribution < -0.4 is 5.32 Å². The molecular formula is C27H31N5O2S. The smallest absolute Gasteiger partial charge is 0.248 e. The molecule has 0 saturated carbocycles. The second-order valence-corrected chi connectivity index (χ2v) is 10.2. The van der Waals surface area contributed by atoms with Crippen LogP contribution in [0, 0.1) is 0 Å². The van der Waals surface area contributed by atoms with E-state index in [1.54, 1.807) is 9.58 Å². The van der Waals surface area contributed by atoms with Crippen molar-refractivity contribution >= 4 is 34.2 Å². The van der Waals surface area contributed by atoms with E-state index in [1.165, 1.54) is 11.3 Å². The molecule has 0 aliphatic rings. The minimum atomic E-state index is -0.730. The number of thiophene rings is 1. The summed E-state index contributed by atoms with van der Waals surface area (Å²) in [7, 11) is 0. The molecule has 182 valence electrons. The zero-order valence-electron chi connectivity index (χ0n) is 20.3. The zero-order valence-corrected chi connectivity index (χ0v) is 21.2. The molecule has 0 bridgehead atoms. The Kier molecular flexibility index (Phi) is 7.60. The Balaban J connectivity index is 1.67. The first-order valence-electron chi connectivity index (χ1n) is 11.8. The quantitative estimate of drug-likeness (QED) is 0.353. The predicted molar refractivity (Wildman–Crippen MR) is 139 cm³/mol. The molecule has 1 N–H and O–H groups in total. The van der Waals surface area contributed by atoms with Crippen LogP contribution in [0.3, 0.4) is 0 Å². The molecule has 2 aromatic carbocycles. The molecule has 8 heteroatoms. The average Bonchev–Trinajstić information content (AvgIpc) is 3.52. The van der Waals surface area contributed by atoms with E-state index < -0.39 is 6.04 Å². The number of nitrogens with one attached hydrogen (secondary N) is 1. The van der Waals surface area contributed by atoms with Crippen LogP contribution in [-0.2, 0) is 22.6 Å². The van der Waals surface area contributed by atoms with Crippen LogP contribution in [0.1, 0.15) is 43.7 Å². The molecular weight excluding hydrogens is 458 g/mol. The van der Waals surface area contributed by atoms with Gasteiger partial charge in [-0.05, 0) is 55.8 Å². The van der Waals surface area contributed by atoms with Gasteiger partial charge in [-0.2, -0.15) is 0 Å². The highest BCUT2D eigenvalue weighted by Crippen LogP contribution is 2.28. The summed E-state index contributed by atoms with van der Waals surface area (Å²) in [4.78, 5) is 30.0. The molecule has 0 saturated heterocycles. The fourth-order valence-corrected chi connectivity index (χ4v) is 4.74. The lowest BCUT2D eigenvalue weighted by atomic mass is 10.0. The van der Waals surface area contributed by atoms with Gasteiger partial charge in [-0.25, -0.2) is 4.68 Å². The normalized spacial score (nSPS) is 12.4. The van der Waals surface area contributed by atoms with Gasteiger partial charge in [0.15, 0.2) is 0 Å². The lowest BCUT2D eigenvalue weighted by Gasteiger charge is -2.34. The van der Waals surface area contributed by atoms with Crippen molar-refractivity contribution in [3.63, 3.8) is 0 Å². The number of aromatic nitrogens is 3. The van der Waals surface area contributed by atoms with Crippen LogP contribution >= 0.6 is 11.3 Å². The summed E-state index contributed by atoms with van der Waals surface area (Å²) < 4.78 is 1.60. The van der Waals surface area contributed by atoms with E-state index in [-0.39, 0.29) is 23.9 Å². The largest absolute Gasteiger partial charge is 0.349 e. The molecule has 4 rings (SSSR count). The van der Waals surface area contributed by atoms with Crippen molar-refractivity contribution in [2.24, 2.45) is 0 Å². The Bertz CT molecular complexity index is 1270. The molecule has 2 heterocycles. The average molecular weight is 490 g/mol. The summed E-state index contributed by atoms with van der Waals surface area (Å²) in [6.07, 6.45) is 1.41. The predicted octanol–water partition coefficient (Wildman–Crippen LogP) is 4.61. The number of amides is 2. The van der Waals surface area contributed by atoms with Crippen molar-refractivity contribution in [1.29, 1.82) is 0 Å². The van der Waals surface area contributed by atoms with Gasteiger partial charge in [-0.3, -0.25) is 9.59 Å². The molecule has 4 aromatic rings. The van der Waals surface area contributed by atoms with Crippen LogP contribution in [0.2, 0.25) is 0 Å². The van der Waals surface area contributed by atoms with Gasteiger partial charge in [0, 0.05) is 17.0 Å². The van der Waals surface area contributed by atoms with Gasteiger partial charge in [0.1, 0.15) is 18.1 Å². The fourth-order valence-electron chi connectivity index (χ4n) is 3.91. The Labute approximate surface area is 209 Å². The highest BCUT2D eigenvalue weighted by atomic mass is 32.1. The summed E-state index contributed by atoms with van der Waals surface area (Å²) in [5, 5.41) is 13.5. The van der Waals surface area contributed by atoms with Crippen molar-refractivity contribution in [3.8, 4) is 0 Å². The second-order valence-electron chi connectivity index (χ2n) is 9.20. The number of carbonyl (C=O) groups excluding carboxylic acids is 2. The second kappa shape index (κ2) is 10.8. The molecule has 1 atom stereocenters. The monoisotopic (exact) mass is 489 g/mol.